The van der Waals surface area contributed by atoms with Gasteiger partial charge < -0.3 is 0 Å². The van der Waals surface area contributed by atoms with Crippen molar-refractivity contribution in [1.29, 1.82) is 0 Å². The van der Waals surface area contributed by atoms with Crippen molar-refractivity contribution < 1.29 is 0 Å². The molecule has 0 radical (unpaired) electrons. The third-order valence-electron chi connectivity index (χ3n) is 3.62. The lowest BCUT2D eigenvalue weighted by molar-refractivity contribution is 0.223. The van der Waals surface area contributed by atoms with Crippen molar-refractivity contribution in [3.05, 3.63) is 35.9 Å². The maximum atomic E-state index is 3.73. The molecule has 0 saturated heterocycles. The van der Waals surface area contributed by atoms with E-state index < -0.39 is 0 Å². The fourth-order valence-corrected chi connectivity index (χ4v) is 3.45. The molecule has 15 heavy (non-hydrogen) atoms. The quantitative estimate of drug-likeness (QED) is 0.703. The lowest BCUT2D eigenvalue weighted by Gasteiger charge is -2.36. The molecular formula is C14H19Br. The maximum absolute atomic E-state index is 3.73. The average molecular weight is 267 g/mol. The van der Waals surface area contributed by atoms with Crippen LogP contribution in [0.4, 0.5) is 0 Å². The minimum atomic E-state index is 0.541. The van der Waals surface area contributed by atoms with Crippen LogP contribution in [0.15, 0.2) is 30.3 Å². The van der Waals surface area contributed by atoms with Crippen molar-refractivity contribution in [2.75, 3.05) is 5.33 Å². The molecule has 2 rings (SSSR count). The summed E-state index contributed by atoms with van der Waals surface area (Å²) in [6.45, 7) is 0. The van der Waals surface area contributed by atoms with Crippen molar-refractivity contribution in [2.45, 2.75) is 38.5 Å². The molecule has 0 aliphatic heterocycles. The fraction of sp³-hybridized carbons (Fsp3) is 0.571. The van der Waals surface area contributed by atoms with Crippen molar-refractivity contribution >= 4 is 15.9 Å². The summed E-state index contributed by atoms with van der Waals surface area (Å²) in [6.07, 6.45) is 8.31. The van der Waals surface area contributed by atoms with Crippen LogP contribution in [-0.4, -0.2) is 5.33 Å². The van der Waals surface area contributed by atoms with Crippen molar-refractivity contribution in [3.63, 3.8) is 0 Å². The Kier molecular flexibility index (Phi) is 3.85. The van der Waals surface area contributed by atoms with E-state index in [4.69, 9.17) is 0 Å². The predicted molar refractivity (Wildman–Crippen MR) is 69.5 cm³/mol. The molecule has 0 spiro atoms. The van der Waals surface area contributed by atoms with Gasteiger partial charge in [-0.05, 0) is 30.2 Å². The van der Waals surface area contributed by atoms with Crippen LogP contribution < -0.4 is 0 Å². The van der Waals surface area contributed by atoms with Gasteiger partial charge in [0.2, 0.25) is 0 Å². The molecule has 0 bridgehead atoms. The first-order valence-electron chi connectivity index (χ1n) is 5.95. The van der Waals surface area contributed by atoms with E-state index in [1.165, 1.54) is 44.1 Å². The van der Waals surface area contributed by atoms with Crippen LogP contribution in [0.3, 0.4) is 0 Å². The molecule has 1 aliphatic carbocycles. The van der Waals surface area contributed by atoms with Gasteiger partial charge >= 0.3 is 0 Å². The number of rotatable bonds is 3. The van der Waals surface area contributed by atoms with Crippen molar-refractivity contribution in [3.8, 4) is 0 Å². The van der Waals surface area contributed by atoms with Gasteiger partial charge in [0.25, 0.3) is 0 Å². The Bertz CT molecular complexity index is 285. The topological polar surface area (TPSA) is 0 Å². The smallest absolute Gasteiger partial charge is 0.00911 e. The molecule has 1 aliphatic rings. The number of benzene rings is 1. The minimum Gasteiger partial charge on any atom is -0.0922 e. The summed E-state index contributed by atoms with van der Waals surface area (Å²) in [7, 11) is 0. The SMILES string of the molecule is BrCC1(Cc2ccccc2)CCCCC1. The van der Waals surface area contributed by atoms with Gasteiger partial charge in [0.15, 0.2) is 0 Å². The first kappa shape index (κ1) is 11.2. The van der Waals surface area contributed by atoms with Gasteiger partial charge in [0.1, 0.15) is 0 Å². The number of alkyl halides is 1. The minimum absolute atomic E-state index is 0.541. The Hall–Kier alpha value is -0.300. The molecule has 82 valence electrons. The van der Waals surface area contributed by atoms with E-state index in [0.29, 0.717) is 5.41 Å². The zero-order chi connectivity index (χ0) is 10.6. The summed E-state index contributed by atoms with van der Waals surface area (Å²) in [6, 6.07) is 10.9. The Labute approximate surface area is 101 Å². The molecule has 1 aromatic rings. The first-order chi connectivity index (χ1) is 7.35. The number of hydrogen-bond acceptors (Lipinski definition) is 0. The summed E-state index contributed by atoms with van der Waals surface area (Å²) < 4.78 is 0. The highest BCUT2D eigenvalue weighted by Gasteiger charge is 2.30. The third-order valence-corrected chi connectivity index (χ3v) is 4.81. The first-order valence-corrected chi connectivity index (χ1v) is 7.07. The van der Waals surface area contributed by atoms with Gasteiger partial charge in [-0.3, -0.25) is 0 Å². The van der Waals surface area contributed by atoms with Gasteiger partial charge in [0, 0.05) is 5.33 Å². The molecular weight excluding hydrogens is 248 g/mol. The summed E-state index contributed by atoms with van der Waals surface area (Å²) in [5.41, 5.74) is 2.04. The highest BCUT2D eigenvalue weighted by Crippen LogP contribution is 2.40. The van der Waals surface area contributed by atoms with Crippen LogP contribution >= 0.6 is 15.9 Å². The highest BCUT2D eigenvalue weighted by atomic mass is 79.9. The molecule has 1 fully saturated rings. The summed E-state index contributed by atoms with van der Waals surface area (Å²) in [4.78, 5) is 0. The number of hydrogen-bond donors (Lipinski definition) is 0. The van der Waals surface area contributed by atoms with Crippen LogP contribution in [0.25, 0.3) is 0 Å². The molecule has 1 heteroatoms. The normalized spacial score (nSPS) is 20.1. The molecule has 0 unspecified atom stereocenters. The van der Waals surface area contributed by atoms with Crippen molar-refractivity contribution in [2.24, 2.45) is 5.41 Å². The molecule has 1 saturated carbocycles. The van der Waals surface area contributed by atoms with Gasteiger partial charge in [-0.25, -0.2) is 0 Å². The van der Waals surface area contributed by atoms with E-state index in [1.807, 2.05) is 0 Å². The highest BCUT2D eigenvalue weighted by molar-refractivity contribution is 9.09. The Morgan fingerprint density at radius 2 is 1.67 bits per heavy atom. The molecule has 0 aromatic heterocycles. The monoisotopic (exact) mass is 266 g/mol. The second kappa shape index (κ2) is 5.16. The van der Waals surface area contributed by atoms with Crippen LogP contribution in [0.2, 0.25) is 0 Å². The largest absolute Gasteiger partial charge is 0.0922 e. The van der Waals surface area contributed by atoms with Crippen LogP contribution in [0, 0.1) is 5.41 Å². The van der Waals surface area contributed by atoms with Crippen molar-refractivity contribution in [1.82, 2.24) is 0 Å². The van der Waals surface area contributed by atoms with Crippen LogP contribution in [0.1, 0.15) is 37.7 Å². The van der Waals surface area contributed by atoms with E-state index in [0.717, 1.165) is 5.33 Å². The zero-order valence-corrected chi connectivity index (χ0v) is 10.8. The second-order valence-electron chi connectivity index (χ2n) is 4.86. The third kappa shape index (κ3) is 2.84. The van der Waals surface area contributed by atoms with E-state index in [-0.39, 0.29) is 0 Å². The Morgan fingerprint density at radius 3 is 2.27 bits per heavy atom. The number of halogens is 1. The molecule has 0 amide bonds. The molecule has 0 N–H and O–H groups in total. The Morgan fingerprint density at radius 1 is 1.00 bits per heavy atom. The summed E-state index contributed by atoms with van der Waals surface area (Å²) in [5.74, 6) is 0. The second-order valence-corrected chi connectivity index (χ2v) is 5.42. The van der Waals surface area contributed by atoms with Crippen LogP contribution in [-0.2, 0) is 6.42 Å². The van der Waals surface area contributed by atoms with E-state index in [9.17, 15) is 0 Å². The average Bonchev–Trinajstić information content (AvgIpc) is 2.32. The predicted octanol–water partition coefficient (Wildman–Crippen LogP) is 4.57. The summed E-state index contributed by atoms with van der Waals surface area (Å²) >= 11 is 3.73. The molecule has 0 nitrogen and oxygen atoms in total. The van der Waals surface area contributed by atoms with Crippen LogP contribution in [0.5, 0.6) is 0 Å². The molecule has 1 aromatic carbocycles. The van der Waals surface area contributed by atoms with Gasteiger partial charge in [-0.1, -0.05) is 65.5 Å². The van der Waals surface area contributed by atoms with E-state index in [1.54, 1.807) is 0 Å². The lowest BCUT2D eigenvalue weighted by atomic mass is 9.72. The van der Waals surface area contributed by atoms with Gasteiger partial charge in [-0.15, -0.1) is 0 Å². The maximum Gasteiger partial charge on any atom is 0.00911 e. The summed E-state index contributed by atoms with van der Waals surface area (Å²) in [5, 5.41) is 1.16. The van der Waals surface area contributed by atoms with Gasteiger partial charge in [0.05, 0.1) is 0 Å². The molecule has 0 atom stereocenters. The standard InChI is InChI=1S/C14H19Br/c15-12-14(9-5-2-6-10-14)11-13-7-3-1-4-8-13/h1,3-4,7-8H,2,5-6,9-12H2. The molecule has 0 heterocycles. The zero-order valence-electron chi connectivity index (χ0n) is 9.21. The van der Waals surface area contributed by atoms with Gasteiger partial charge in [-0.2, -0.15) is 0 Å². The van der Waals surface area contributed by atoms with E-state index >= 15 is 0 Å². The van der Waals surface area contributed by atoms with E-state index in [2.05, 4.69) is 46.3 Å². The Balaban J connectivity index is 2.07. The lowest BCUT2D eigenvalue weighted by Crippen LogP contribution is -2.28. The fourth-order valence-electron chi connectivity index (χ4n) is 2.69.